The van der Waals surface area contributed by atoms with Crippen LogP contribution < -0.4 is 14.4 Å². The Balaban J connectivity index is 1.46. The molecule has 0 bridgehead atoms. The van der Waals surface area contributed by atoms with Gasteiger partial charge < -0.3 is 14.2 Å². The number of anilines is 1. The molecule has 0 radical (unpaired) electrons. The molecule has 3 aromatic carbocycles. The minimum Gasteiger partial charge on any atom is -0.493 e. The average Bonchev–Trinajstić information content (AvgIpc) is 3.25. The lowest BCUT2D eigenvalue weighted by Gasteiger charge is -2.32. The third-order valence-corrected chi connectivity index (χ3v) is 6.50. The first-order valence-corrected chi connectivity index (χ1v) is 11.4. The Kier molecular flexibility index (Phi) is 6.17. The summed E-state index contributed by atoms with van der Waals surface area (Å²) in [5.74, 6) is -0.617. The van der Waals surface area contributed by atoms with Crippen molar-refractivity contribution in [1.82, 2.24) is 0 Å². The van der Waals surface area contributed by atoms with Gasteiger partial charge in [-0.3, -0.25) is 9.69 Å². The third kappa shape index (κ3) is 4.35. The Morgan fingerprint density at radius 3 is 2.57 bits per heavy atom. The Hall–Kier alpha value is -3.84. The van der Waals surface area contributed by atoms with E-state index in [0.29, 0.717) is 33.5 Å². The second kappa shape index (κ2) is 9.43. The van der Waals surface area contributed by atoms with Crippen molar-refractivity contribution in [2.75, 3.05) is 18.6 Å². The van der Waals surface area contributed by atoms with Gasteiger partial charge in [-0.05, 0) is 48.0 Å². The van der Waals surface area contributed by atoms with E-state index in [9.17, 15) is 14.0 Å². The van der Waals surface area contributed by atoms with Crippen LogP contribution in [0.25, 0.3) is 0 Å². The highest BCUT2D eigenvalue weighted by atomic mass is 35.5. The molecule has 0 spiro atoms. The summed E-state index contributed by atoms with van der Waals surface area (Å²) in [6, 6.07) is 18.3. The predicted molar refractivity (Wildman–Crippen MR) is 128 cm³/mol. The van der Waals surface area contributed by atoms with E-state index in [1.165, 1.54) is 36.3 Å². The van der Waals surface area contributed by atoms with Gasteiger partial charge in [0.25, 0.3) is 0 Å². The van der Waals surface area contributed by atoms with E-state index in [1.54, 1.807) is 18.2 Å². The molecule has 0 fully saturated rings. The molecule has 0 saturated carbocycles. The summed E-state index contributed by atoms with van der Waals surface area (Å²) in [4.78, 5) is 27.3. The second-order valence-electron chi connectivity index (χ2n) is 8.19. The van der Waals surface area contributed by atoms with E-state index in [1.807, 2.05) is 24.3 Å². The molecule has 178 valence electrons. The Morgan fingerprint density at radius 1 is 1.06 bits per heavy atom. The summed E-state index contributed by atoms with van der Waals surface area (Å²) in [6.07, 6.45) is 0.0499. The van der Waals surface area contributed by atoms with Crippen LogP contribution in [-0.4, -0.2) is 25.6 Å². The number of hydrogen-bond donors (Lipinski definition) is 0. The number of cyclic esters (lactones) is 1. The number of hydrogen-bond acceptors (Lipinski definition) is 5. The molecule has 2 heterocycles. The molecule has 1 atom stereocenters. The summed E-state index contributed by atoms with van der Waals surface area (Å²) in [5.41, 5.74) is 2.94. The molecule has 1 amide bonds. The first-order chi connectivity index (χ1) is 17.0. The van der Waals surface area contributed by atoms with Gasteiger partial charge in [-0.25, -0.2) is 9.18 Å². The Morgan fingerprint density at radius 2 is 1.83 bits per heavy atom. The molecular formula is C27H21ClFNO5. The molecule has 2 aliphatic heterocycles. The molecule has 2 aliphatic rings. The highest BCUT2D eigenvalue weighted by Gasteiger charge is 2.43. The van der Waals surface area contributed by atoms with Gasteiger partial charge in [-0.1, -0.05) is 35.9 Å². The van der Waals surface area contributed by atoms with E-state index in [4.69, 9.17) is 25.8 Å². The van der Waals surface area contributed by atoms with Crippen molar-refractivity contribution >= 4 is 29.2 Å². The number of methoxy groups -OCH3 is 1. The van der Waals surface area contributed by atoms with Gasteiger partial charge in [0.1, 0.15) is 19.0 Å². The highest BCUT2D eigenvalue weighted by molar-refractivity contribution is 6.31. The number of nitrogens with zero attached hydrogens (tertiary/aromatic N) is 1. The quantitative estimate of drug-likeness (QED) is 0.430. The lowest BCUT2D eigenvalue weighted by atomic mass is 9.84. The van der Waals surface area contributed by atoms with Crippen LogP contribution in [0.4, 0.5) is 10.1 Å². The van der Waals surface area contributed by atoms with Crippen molar-refractivity contribution < 1.29 is 28.2 Å². The maximum Gasteiger partial charge on any atom is 0.336 e. The van der Waals surface area contributed by atoms with Gasteiger partial charge >= 0.3 is 5.97 Å². The summed E-state index contributed by atoms with van der Waals surface area (Å²) in [7, 11) is 1.53. The standard InChI is InChI=1S/C27H21ClFNO5/c1-33-24-12-16(6-11-23(24)34-14-17-4-2-3-5-21(17)28)20-13-25(31)30(19-9-7-18(29)8-10-19)22-15-35-27(32)26(20)22/h2-12,20H,13-15H2,1H3. The van der Waals surface area contributed by atoms with E-state index >= 15 is 0 Å². The number of carbonyl (C=O) groups excluding carboxylic acids is 2. The number of esters is 1. The van der Waals surface area contributed by atoms with Gasteiger partial charge in [-0.2, -0.15) is 0 Å². The van der Waals surface area contributed by atoms with Crippen molar-refractivity contribution in [3.63, 3.8) is 0 Å². The minimum absolute atomic E-state index is 0.0239. The largest absolute Gasteiger partial charge is 0.493 e. The lowest BCUT2D eigenvalue weighted by Crippen LogP contribution is -2.37. The van der Waals surface area contributed by atoms with Crippen molar-refractivity contribution in [3.8, 4) is 11.5 Å². The minimum atomic E-state index is -0.504. The average molecular weight is 494 g/mol. The molecule has 3 aromatic rings. The summed E-state index contributed by atoms with van der Waals surface area (Å²) < 4.78 is 30.2. The molecule has 5 rings (SSSR count). The normalized spacial score (nSPS) is 17.3. The maximum absolute atomic E-state index is 13.4. The fourth-order valence-electron chi connectivity index (χ4n) is 4.42. The zero-order valence-corrected chi connectivity index (χ0v) is 19.5. The van der Waals surface area contributed by atoms with Gasteiger partial charge in [-0.15, -0.1) is 0 Å². The SMILES string of the molecule is COc1cc(C2CC(=O)N(c3ccc(F)cc3)C3=C2C(=O)OC3)ccc1OCc1ccccc1Cl. The number of ether oxygens (including phenoxy) is 3. The molecule has 0 saturated heterocycles. The van der Waals surface area contributed by atoms with Crippen molar-refractivity contribution in [2.24, 2.45) is 0 Å². The predicted octanol–water partition coefficient (Wildman–Crippen LogP) is 5.40. The molecule has 8 heteroatoms. The van der Waals surface area contributed by atoms with Gasteiger partial charge in [0, 0.05) is 28.6 Å². The summed E-state index contributed by atoms with van der Waals surface area (Å²) in [5, 5.41) is 0.605. The van der Waals surface area contributed by atoms with E-state index < -0.39 is 17.7 Å². The lowest BCUT2D eigenvalue weighted by molar-refractivity contribution is -0.136. The van der Waals surface area contributed by atoms with Crippen molar-refractivity contribution in [2.45, 2.75) is 18.9 Å². The van der Waals surface area contributed by atoms with Gasteiger partial charge in [0.05, 0.1) is 18.4 Å². The topological polar surface area (TPSA) is 65.1 Å². The Labute approximate surface area is 206 Å². The molecule has 1 unspecified atom stereocenters. The fourth-order valence-corrected chi connectivity index (χ4v) is 4.61. The number of carbonyl (C=O) groups is 2. The molecule has 0 aliphatic carbocycles. The van der Waals surface area contributed by atoms with Crippen LogP contribution in [0.5, 0.6) is 11.5 Å². The van der Waals surface area contributed by atoms with Crippen molar-refractivity contribution in [3.05, 3.63) is 100.0 Å². The third-order valence-electron chi connectivity index (χ3n) is 6.13. The van der Waals surface area contributed by atoms with E-state index in [0.717, 1.165) is 11.1 Å². The number of rotatable bonds is 6. The van der Waals surface area contributed by atoms with E-state index in [2.05, 4.69) is 0 Å². The number of halogens is 2. The zero-order valence-electron chi connectivity index (χ0n) is 18.8. The van der Waals surface area contributed by atoms with E-state index in [-0.39, 0.29) is 25.5 Å². The van der Waals surface area contributed by atoms with Crippen LogP contribution in [0.2, 0.25) is 5.02 Å². The maximum atomic E-state index is 13.4. The fraction of sp³-hybridized carbons (Fsp3) is 0.185. The van der Waals surface area contributed by atoms with Crippen LogP contribution in [-0.2, 0) is 20.9 Å². The van der Waals surface area contributed by atoms with Gasteiger partial charge in [0.15, 0.2) is 11.5 Å². The second-order valence-corrected chi connectivity index (χ2v) is 8.60. The molecular weight excluding hydrogens is 473 g/mol. The smallest absolute Gasteiger partial charge is 0.336 e. The van der Waals surface area contributed by atoms with Gasteiger partial charge in [0.2, 0.25) is 5.91 Å². The van der Waals surface area contributed by atoms with Crippen LogP contribution in [0.1, 0.15) is 23.5 Å². The zero-order chi connectivity index (χ0) is 24.5. The number of amides is 1. The first-order valence-electron chi connectivity index (χ1n) is 11.0. The van der Waals surface area contributed by atoms with Crippen LogP contribution >= 0.6 is 11.6 Å². The Bertz CT molecular complexity index is 1340. The monoisotopic (exact) mass is 493 g/mol. The van der Waals surface area contributed by atoms with Crippen LogP contribution in [0.15, 0.2) is 78.0 Å². The first kappa shape index (κ1) is 22.9. The van der Waals surface area contributed by atoms with Crippen LogP contribution in [0, 0.1) is 5.82 Å². The molecule has 6 nitrogen and oxygen atoms in total. The highest BCUT2D eigenvalue weighted by Crippen LogP contribution is 2.43. The summed E-state index contributed by atoms with van der Waals surface area (Å²) in [6.45, 7) is 0.232. The summed E-state index contributed by atoms with van der Waals surface area (Å²) >= 11 is 6.22. The molecule has 35 heavy (non-hydrogen) atoms. The van der Waals surface area contributed by atoms with Crippen LogP contribution in [0.3, 0.4) is 0 Å². The van der Waals surface area contributed by atoms with Crippen molar-refractivity contribution in [1.29, 1.82) is 0 Å². The number of benzene rings is 3. The molecule has 0 aromatic heterocycles. The molecule has 0 N–H and O–H groups in total.